The first kappa shape index (κ1) is 14.2. The summed E-state index contributed by atoms with van der Waals surface area (Å²) < 4.78 is 5.77. The van der Waals surface area contributed by atoms with Crippen LogP contribution in [-0.4, -0.2) is 32.3 Å². The van der Waals surface area contributed by atoms with Crippen LogP contribution in [0.2, 0.25) is 0 Å². The van der Waals surface area contributed by atoms with Gasteiger partial charge in [-0.3, -0.25) is 0 Å². The highest BCUT2D eigenvalue weighted by molar-refractivity contribution is 5.58. The van der Waals surface area contributed by atoms with Crippen molar-refractivity contribution in [3.05, 3.63) is 24.3 Å². The van der Waals surface area contributed by atoms with Crippen LogP contribution in [-0.2, 0) is 0 Å². The number of nitrogens with zero attached hydrogens (tertiary/aromatic N) is 1. The summed E-state index contributed by atoms with van der Waals surface area (Å²) in [6, 6.07) is 8.86. The lowest BCUT2D eigenvalue weighted by Crippen LogP contribution is -2.36. The third-order valence-corrected chi connectivity index (χ3v) is 3.55. The molecule has 1 aliphatic heterocycles. The van der Waals surface area contributed by atoms with Crippen LogP contribution in [0.4, 0.5) is 5.69 Å². The van der Waals surface area contributed by atoms with E-state index in [4.69, 9.17) is 4.74 Å². The summed E-state index contributed by atoms with van der Waals surface area (Å²) in [5.41, 5.74) is 1.48. The van der Waals surface area contributed by atoms with Crippen molar-refractivity contribution in [2.24, 2.45) is 5.41 Å². The van der Waals surface area contributed by atoms with Crippen molar-refractivity contribution in [2.75, 3.05) is 31.1 Å². The number of rotatable bonds is 3. The van der Waals surface area contributed by atoms with Crippen LogP contribution in [0, 0.1) is 5.41 Å². The zero-order valence-corrected chi connectivity index (χ0v) is 12.6. The molecule has 0 saturated carbocycles. The molecule has 0 radical (unpaired) electrons. The molecule has 2 rings (SSSR count). The van der Waals surface area contributed by atoms with Gasteiger partial charge in [0.05, 0.1) is 12.3 Å². The van der Waals surface area contributed by atoms with Crippen molar-refractivity contribution < 1.29 is 4.74 Å². The van der Waals surface area contributed by atoms with Crippen molar-refractivity contribution in [2.45, 2.75) is 33.7 Å². The largest absolute Gasteiger partial charge is 0.492 e. The van der Waals surface area contributed by atoms with Crippen LogP contribution >= 0.6 is 0 Å². The molecule has 0 amide bonds. The van der Waals surface area contributed by atoms with Crippen LogP contribution in [0.15, 0.2) is 24.3 Å². The number of anilines is 1. The van der Waals surface area contributed by atoms with E-state index in [2.05, 4.69) is 49.2 Å². The number of para-hydroxylation sites is 2. The number of hydrogen-bond acceptors (Lipinski definition) is 3. The number of hydrogen-bond donors (Lipinski definition) is 1. The van der Waals surface area contributed by atoms with Gasteiger partial charge in [0.1, 0.15) is 5.75 Å². The second kappa shape index (κ2) is 5.83. The Balaban J connectivity index is 2.28. The first-order chi connectivity index (χ1) is 9.02. The highest BCUT2D eigenvalue weighted by Gasteiger charge is 2.28. The minimum absolute atomic E-state index is 0.268. The van der Waals surface area contributed by atoms with E-state index in [0.29, 0.717) is 12.6 Å². The molecule has 1 aliphatic rings. The molecule has 0 aliphatic carbocycles. The molecule has 0 aromatic heterocycles. The topological polar surface area (TPSA) is 24.5 Å². The molecule has 19 heavy (non-hydrogen) atoms. The molecular formula is C16H26N2O. The quantitative estimate of drug-likeness (QED) is 0.906. The molecule has 0 bridgehead atoms. The predicted molar refractivity (Wildman–Crippen MR) is 81.1 cm³/mol. The van der Waals surface area contributed by atoms with Crippen LogP contribution in [0.3, 0.4) is 0 Å². The van der Waals surface area contributed by atoms with E-state index in [1.54, 1.807) is 0 Å². The molecule has 1 aromatic carbocycles. The summed E-state index contributed by atoms with van der Waals surface area (Å²) in [6.07, 6.45) is 0. The first-order valence-electron chi connectivity index (χ1n) is 7.22. The van der Waals surface area contributed by atoms with Gasteiger partial charge in [0.2, 0.25) is 0 Å². The van der Waals surface area contributed by atoms with Crippen molar-refractivity contribution in [3.63, 3.8) is 0 Å². The van der Waals surface area contributed by atoms with Gasteiger partial charge in [-0.2, -0.15) is 0 Å². The van der Waals surface area contributed by atoms with Gasteiger partial charge < -0.3 is 15.0 Å². The summed E-state index contributed by atoms with van der Waals surface area (Å²) >= 11 is 0. The maximum atomic E-state index is 5.77. The van der Waals surface area contributed by atoms with E-state index in [1.807, 2.05) is 13.0 Å². The van der Waals surface area contributed by atoms with Gasteiger partial charge in [0.15, 0.2) is 0 Å². The average molecular weight is 262 g/mol. The lowest BCUT2D eigenvalue weighted by atomic mass is 9.93. The molecular weight excluding hydrogens is 236 g/mol. The van der Waals surface area contributed by atoms with E-state index in [9.17, 15) is 0 Å². The minimum atomic E-state index is 0.268. The fraction of sp³-hybridized carbons (Fsp3) is 0.625. The van der Waals surface area contributed by atoms with Gasteiger partial charge in [-0.05, 0) is 31.4 Å². The molecule has 1 heterocycles. The molecule has 1 N–H and O–H groups in total. The van der Waals surface area contributed by atoms with Crippen molar-refractivity contribution in [1.82, 2.24) is 5.32 Å². The smallest absolute Gasteiger partial charge is 0.142 e. The number of nitrogens with one attached hydrogen (secondary N) is 1. The van der Waals surface area contributed by atoms with Gasteiger partial charge >= 0.3 is 0 Å². The summed E-state index contributed by atoms with van der Waals surface area (Å²) in [7, 11) is 0. The standard InChI is InChI=1S/C16H26N2O/c1-5-19-15-9-7-6-8-14(15)18-10-13(2)17-11-16(3,4)12-18/h6-9,13,17H,5,10-12H2,1-4H3. The van der Waals surface area contributed by atoms with E-state index >= 15 is 0 Å². The third kappa shape index (κ3) is 3.63. The third-order valence-electron chi connectivity index (χ3n) is 3.55. The predicted octanol–water partition coefficient (Wildman–Crippen LogP) is 2.91. The second-order valence-electron chi connectivity index (χ2n) is 6.23. The summed E-state index contributed by atoms with van der Waals surface area (Å²) in [5.74, 6) is 0.995. The SMILES string of the molecule is CCOc1ccccc1N1CC(C)NCC(C)(C)C1. The van der Waals surface area contributed by atoms with Gasteiger partial charge in [-0.1, -0.05) is 26.0 Å². The van der Waals surface area contributed by atoms with Gasteiger partial charge in [-0.15, -0.1) is 0 Å². The Hall–Kier alpha value is -1.22. The molecule has 1 atom stereocenters. The van der Waals surface area contributed by atoms with Crippen LogP contribution < -0.4 is 15.0 Å². The Kier molecular flexibility index (Phi) is 4.35. The molecule has 1 saturated heterocycles. The van der Waals surface area contributed by atoms with E-state index < -0.39 is 0 Å². The molecule has 1 aromatic rings. The van der Waals surface area contributed by atoms with Gasteiger partial charge in [0, 0.05) is 25.7 Å². The molecule has 0 spiro atoms. The summed E-state index contributed by atoms with van der Waals surface area (Å²) in [6.45, 7) is 12.7. The Morgan fingerprint density at radius 1 is 1.37 bits per heavy atom. The monoisotopic (exact) mass is 262 g/mol. The highest BCUT2D eigenvalue weighted by atomic mass is 16.5. The van der Waals surface area contributed by atoms with E-state index in [1.165, 1.54) is 5.69 Å². The zero-order valence-electron chi connectivity index (χ0n) is 12.6. The summed E-state index contributed by atoms with van der Waals surface area (Å²) in [4.78, 5) is 2.45. The fourth-order valence-electron chi connectivity index (χ4n) is 2.66. The number of ether oxygens (including phenoxy) is 1. The average Bonchev–Trinajstić information content (AvgIpc) is 2.49. The molecule has 3 nitrogen and oxygen atoms in total. The van der Waals surface area contributed by atoms with Crippen molar-refractivity contribution in [1.29, 1.82) is 0 Å². The van der Waals surface area contributed by atoms with Crippen LogP contribution in [0.25, 0.3) is 0 Å². The van der Waals surface area contributed by atoms with Gasteiger partial charge in [-0.25, -0.2) is 0 Å². The maximum Gasteiger partial charge on any atom is 0.142 e. The van der Waals surface area contributed by atoms with E-state index in [0.717, 1.165) is 25.4 Å². The molecule has 1 unspecified atom stereocenters. The Morgan fingerprint density at radius 2 is 2.11 bits per heavy atom. The lowest BCUT2D eigenvalue weighted by Gasteiger charge is -2.32. The normalized spacial score (nSPS) is 22.9. The van der Waals surface area contributed by atoms with Gasteiger partial charge in [0.25, 0.3) is 0 Å². The fourth-order valence-corrected chi connectivity index (χ4v) is 2.66. The molecule has 106 valence electrons. The first-order valence-corrected chi connectivity index (χ1v) is 7.22. The number of benzene rings is 1. The van der Waals surface area contributed by atoms with Crippen LogP contribution in [0.5, 0.6) is 5.75 Å². The van der Waals surface area contributed by atoms with E-state index in [-0.39, 0.29) is 5.41 Å². The van der Waals surface area contributed by atoms with Crippen LogP contribution in [0.1, 0.15) is 27.7 Å². The molecule has 1 fully saturated rings. The van der Waals surface area contributed by atoms with Crippen molar-refractivity contribution in [3.8, 4) is 5.75 Å². The highest BCUT2D eigenvalue weighted by Crippen LogP contribution is 2.31. The maximum absolute atomic E-state index is 5.77. The Labute approximate surface area is 116 Å². The lowest BCUT2D eigenvalue weighted by molar-refractivity contribution is 0.337. The molecule has 3 heteroatoms. The summed E-state index contributed by atoms with van der Waals surface area (Å²) in [5, 5.41) is 3.60. The Bertz CT molecular complexity index is 417. The zero-order chi connectivity index (χ0) is 13.9. The van der Waals surface area contributed by atoms with Crippen molar-refractivity contribution >= 4 is 5.69 Å². The second-order valence-corrected chi connectivity index (χ2v) is 6.23. The minimum Gasteiger partial charge on any atom is -0.492 e. The Morgan fingerprint density at radius 3 is 2.84 bits per heavy atom.